The van der Waals surface area contributed by atoms with E-state index in [1.54, 1.807) is 24.8 Å². The van der Waals surface area contributed by atoms with Gasteiger partial charge in [-0.3, -0.25) is 20.2 Å². The monoisotopic (exact) mass is 392 g/mol. The summed E-state index contributed by atoms with van der Waals surface area (Å²) >= 11 is 3.10. The van der Waals surface area contributed by atoms with Crippen molar-refractivity contribution < 1.29 is 14.5 Å². The summed E-state index contributed by atoms with van der Waals surface area (Å²) in [6.45, 7) is 1.73. The van der Waals surface area contributed by atoms with E-state index in [-0.39, 0.29) is 5.69 Å². The van der Waals surface area contributed by atoms with Crippen molar-refractivity contribution in [2.75, 3.05) is 16.4 Å². The van der Waals surface area contributed by atoms with Gasteiger partial charge in [0.15, 0.2) is 0 Å². The molecule has 0 bridgehead atoms. The van der Waals surface area contributed by atoms with Gasteiger partial charge in [0.2, 0.25) is 0 Å². The number of carbonyl (C=O) groups excluding carboxylic acids is 2. The molecule has 3 amide bonds. The van der Waals surface area contributed by atoms with Gasteiger partial charge in [0.25, 0.3) is 11.6 Å². The number of rotatable bonds is 4. The molecular formula is C16H16N4O4S2. The van der Waals surface area contributed by atoms with Crippen LogP contribution < -0.4 is 16.4 Å². The van der Waals surface area contributed by atoms with Gasteiger partial charge in [-0.25, -0.2) is 4.79 Å². The molecule has 0 atom stereocenters. The number of fused-ring (bicyclic) bond motifs is 1. The predicted molar refractivity (Wildman–Crippen MR) is 103 cm³/mol. The van der Waals surface area contributed by atoms with Crippen molar-refractivity contribution in [1.29, 1.82) is 0 Å². The Morgan fingerprint density at radius 3 is 2.77 bits per heavy atom. The van der Waals surface area contributed by atoms with E-state index in [9.17, 15) is 19.7 Å². The smallest absolute Gasteiger partial charge is 0.324 e. The molecule has 26 heavy (non-hydrogen) atoms. The number of nitro groups is 1. The van der Waals surface area contributed by atoms with Gasteiger partial charge < -0.3 is 11.1 Å². The number of nitro benzene ring substituents is 1. The van der Waals surface area contributed by atoms with Gasteiger partial charge in [-0.1, -0.05) is 6.07 Å². The zero-order valence-corrected chi connectivity index (χ0v) is 15.5. The first kappa shape index (κ1) is 18.2. The summed E-state index contributed by atoms with van der Waals surface area (Å²) < 4.78 is 0. The van der Waals surface area contributed by atoms with E-state index in [1.165, 1.54) is 23.5 Å². The van der Waals surface area contributed by atoms with Crippen molar-refractivity contribution in [3.05, 3.63) is 49.9 Å². The van der Waals surface area contributed by atoms with Crippen molar-refractivity contribution in [3.63, 3.8) is 0 Å². The maximum atomic E-state index is 12.4. The molecule has 1 aliphatic heterocycles. The fraction of sp³-hybridized carbons (Fsp3) is 0.250. The van der Waals surface area contributed by atoms with E-state index in [2.05, 4.69) is 10.6 Å². The normalized spacial score (nSPS) is 13.0. The number of thiophene rings is 1. The summed E-state index contributed by atoms with van der Waals surface area (Å²) in [5.74, 6) is 1.12. The molecule has 0 unspecified atom stereocenters. The number of hydrogen-bond donors (Lipinski definition) is 3. The third-order valence-corrected chi connectivity index (χ3v) is 6.29. The zero-order valence-electron chi connectivity index (χ0n) is 13.8. The van der Waals surface area contributed by atoms with Crippen molar-refractivity contribution in [2.45, 2.75) is 19.1 Å². The lowest BCUT2D eigenvalue weighted by molar-refractivity contribution is -0.384. The number of primary amides is 1. The molecule has 2 aromatic rings. The lowest BCUT2D eigenvalue weighted by Gasteiger charge is -2.11. The maximum Gasteiger partial charge on any atom is 0.324 e. The molecule has 0 radical (unpaired) electrons. The van der Waals surface area contributed by atoms with Crippen molar-refractivity contribution in [3.8, 4) is 0 Å². The summed E-state index contributed by atoms with van der Waals surface area (Å²) in [6, 6.07) is 3.64. The Balaban J connectivity index is 1.83. The second-order valence-corrected chi connectivity index (χ2v) is 7.92. The Morgan fingerprint density at radius 2 is 2.08 bits per heavy atom. The minimum atomic E-state index is -0.581. The molecule has 8 nitrogen and oxygen atoms in total. The fourth-order valence-electron chi connectivity index (χ4n) is 2.70. The molecule has 0 aliphatic carbocycles. The number of nitrogens with two attached hydrogens (primary N) is 1. The molecule has 3 rings (SSSR count). The highest BCUT2D eigenvalue weighted by Crippen LogP contribution is 2.39. The molecule has 0 spiro atoms. The molecule has 1 aromatic heterocycles. The van der Waals surface area contributed by atoms with Crippen LogP contribution in [0, 0.1) is 17.0 Å². The lowest BCUT2D eigenvalue weighted by Crippen LogP contribution is -2.22. The molecule has 0 saturated carbocycles. The number of anilines is 2. The maximum absolute atomic E-state index is 12.4. The van der Waals surface area contributed by atoms with Crippen LogP contribution in [0.1, 0.15) is 26.4 Å². The van der Waals surface area contributed by atoms with Crippen molar-refractivity contribution in [1.82, 2.24) is 0 Å². The first-order valence-electron chi connectivity index (χ1n) is 7.72. The van der Waals surface area contributed by atoms with Gasteiger partial charge in [0, 0.05) is 22.8 Å². The molecule has 0 saturated heterocycles. The van der Waals surface area contributed by atoms with Crippen LogP contribution in [0.2, 0.25) is 0 Å². The first-order valence-corrected chi connectivity index (χ1v) is 9.69. The Bertz CT molecular complexity index is 910. The zero-order chi connectivity index (χ0) is 18.8. The van der Waals surface area contributed by atoms with Crippen LogP contribution in [0.5, 0.6) is 0 Å². The van der Waals surface area contributed by atoms with Crippen LogP contribution in [0.3, 0.4) is 0 Å². The fourth-order valence-corrected chi connectivity index (χ4v) is 5.08. The highest BCUT2D eigenvalue weighted by molar-refractivity contribution is 7.98. The van der Waals surface area contributed by atoms with Crippen LogP contribution in [0.4, 0.5) is 21.2 Å². The molecule has 2 heterocycles. The summed E-state index contributed by atoms with van der Waals surface area (Å²) in [5.41, 5.74) is 7.66. The number of urea groups is 1. The van der Waals surface area contributed by atoms with Crippen molar-refractivity contribution in [2.24, 2.45) is 5.73 Å². The standard InChI is InChI=1S/C16H16N4O4S2/c1-8-2-3-9(20(23)24)6-11(8)18-16(22)19-15-13(14(17)21)10-4-5-25-7-12(10)26-15/h2-3,6H,4-5,7H2,1H3,(H2,17,21)(H2,18,19,22). The number of non-ortho nitro benzene ring substituents is 1. The minimum Gasteiger partial charge on any atom is -0.365 e. The molecule has 1 aliphatic rings. The van der Waals surface area contributed by atoms with E-state index < -0.39 is 16.9 Å². The minimum absolute atomic E-state index is 0.118. The molecular weight excluding hydrogens is 376 g/mol. The average molecular weight is 392 g/mol. The molecule has 0 fully saturated rings. The molecule has 4 N–H and O–H groups in total. The van der Waals surface area contributed by atoms with Crippen LogP contribution in [-0.2, 0) is 12.2 Å². The lowest BCUT2D eigenvalue weighted by atomic mass is 10.1. The topological polar surface area (TPSA) is 127 Å². The number of hydrogen-bond acceptors (Lipinski definition) is 6. The molecule has 136 valence electrons. The van der Waals surface area contributed by atoms with Crippen molar-refractivity contribution >= 4 is 51.4 Å². The largest absolute Gasteiger partial charge is 0.365 e. The van der Waals surface area contributed by atoms with Crippen LogP contribution in [0.25, 0.3) is 0 Å². The van der Waals surface area contributed by atoms with Crippen LogP contribution in [-0.4, -0.2) is 22.6 Å². The number of thioether (sulfide) groups is 1. The first-order chi connectivity index (χ1) is 12.4. The van der Waals surface area contributed by atoms with Gasteiger partial charge >= 0.3 is 6.03 Å². The van der Waals surface area contributed by atoms with E-state index >= 15 is 0 Å². The van der Waals surface area contributed by atoms with Gasteiger partial charge in [-0.15, -0.1) is 11.3 Å². The second-order valence-electron chi connectivity index (χ2n) is 5.71. The number of benzene rings is 1. The van der Waals surface area contributed by atoms with Crippen LogP contribution in [0.15, 0.2) is 18.2 Å². The third kappa shape index (κ3) is 3.65. The highest BCUT2D eigenvalue weighted by Gasteiger charge is 2.25. The summed E-state index contributed by atoms with van der Waals surface area (Å²) in [6.07, 6.45) is 0.738. The van der Waals surface area contributed by atoms with Gasteiger partial charge in [-0.05, 0) is 30.2 Å². The summed E-state index contributed by atoms with van der Waals surface area (Å²) in [7, 11) is 0. The van der Waals surface area contributed by atoms with Crippen LogP contribution >= 0.6 is 23.1 Å². The SMILES string of the molecule is Cc1ccc([N+](=O)[O-])cc1NC(=O)Nc1sc2c(c1C(N)=O)CCSC2. The van der Waals surface area contributed by atoms with E-state index in [4.69, 9.17) is 5.73 Å². The number of aryl methyl sites for hydroxylation is 1. The number of nitrogens with one attached hydrogen (secondary N) is 2. The predicted octanol–water partition coefficient (Wildman–Crippen LogP) is 3.50. The Kier molecular flexibility index (Phi) is 5.14. The summed E-state index contributed by atoms with van der Waals surface area (Å²) in [5, 5.41) is 16.6. The van der Waals surface area contributed by atoms with E-state index in [0.717, 1.165) is 28.4 Å². The van der Waals surface area contributed by atoms with E-state index in [0.29, 0.717) is 21.8 Å². The number of nitrogens with zero attached hydrogens (tertiary/aromatic N) is 1. The molecule has 10 heteroatoms. The second kappa shape index (κ2) is 7.34. The van der Waals surface area contributed by atoms with Gasteiger partial charge in [0.05, 0.1) is 16.2 Å². The Labute approximate surface area is 157 Å². The highest BCUT2D eigenvalue weighted by atomic mass is 32.2. The summed E-state index contributed by atoms with van der Waals surface area (Å²) in [4.78, 5) is 35.6. The van der Waals surface area contributed by atoms with E-state index in [1.807, 2.05) is 0 Å². The average Bonchev–Trinajstić information content (AvgIpc) is 2.94. The quantitative estimate of drug-likeness (QED) is 0.542. The Hall–Kier alpha value is -2.59. The molecule has 1 aromatic carbocycles. The van der Waals surface area contributed by atoms with Gasteiger partial charge in [-0.2, -0.15) is 11.8 Å². The van der Waals surface area contributed by atoms with Gasteiger partial charge in [0.1, 0.15) is 5.00 Å². The number of carbonyl (C=O) groups is 2. The third-order valence-electron chi connectivity index (χ3n) is 3.97. The number of amides is 3. The Morgan fingerprint density at radius 1 is 1.31 bits per heavy atom.